The summed E-state index contributed by atoms with van der Waals surface area (Å²) in [5.74, 6) is -0.845. The minimum atomic E-state index is -0.936. The Morgan fingerprint density at radius 2 is 2.00 bits per heavy atom. The van der Waals surface area contributed by atoms with Crippen LogP contribution in [0.2, 0.25) is 0 Å². The first-order valence-corrected chi connectivity index (χ1v) is 7.55. The lowest BCUT2D eigenvalue weighted by Gasteiger charge is -2.25. The molecule has 112 valence electrons. The summed E-state index contributed by atoms with van der Waals surface area (Å²) < 4.78 is 0. The van der Waals surface area contributed by atoms with Crippen LogP contribution in [0.3, 0.4) is 0 Å². The molecule has 0 radical (unpaired) electrons. The summed E-state index contributed by atoms with van der Waals surface area (Å²) in [5, 5.41) is 12.0. The van der Waals surface area contributed by atoms with E-state index in [2.05, 4.69) is 5.32 Å². The number of amides is 2. The largest absolute Gasteiger partial charge is 0.480 e. The van der Waals surface area contributed by atoms with Crippen LogP contribution in [0.25, 0.3) is 0 Å². The maximum Gasteiger partial charge on any atom is 0.326 e. The second kappa shape index (κ2) is 5.76. The van der Waals surface area contributed by atoms with E-state index in [9.17, 15) is 14.7 Å². The quantitative estimate of drug-likeness (QED) is 0.897. The van der Waals surface area contributed by atoms with E-state index in [1.165, 1.54) is 0 Å². The first-order valence-electron chi connectivity index (χ1n) is 7.55. The summed E-state index contributed by atoms with van der Waals surface area (Å²) in [6.07, 6.45) is 4.71. The van der Waals surface area contributed by atoms with Crippen LogP contribution in [0.5, 0.6) is 0 Å². The molecule has 1 aromatic carbocycles. The number of rotatable bonds is 3. The number of fused-ring (bicyclic) bond motifs is 1. The number of hydrogen-bond donors (Lipinski definition) is 2. The molecule has 0 aromatic heterocycles. The molecule has 2 N–H and O–H groups in total. The van der Waals surface area contributed by atoms with E-state index in [1.807, 2.05) is 24.3 Å². The first-order chi connectivity index (χ1) is 10.2. The van der Waals surface area contributed by atoms with Crippen LogP contribution < -0.4 is 10.2 Å². The maximum atomic E-state index is 12.5. The number of hydrogen-bond acceptors (Lipinski definition) is 2. The number of carboxylic acids is 1. The Labute approximate surface area is 123 Å². The number of carbonyl (C=O) groups excluding carboxylic acids is 1. The molecule has 1 aliphatic carbocycles. The summed E-state index contributed by atoms with van der Waals surface area (Å²) in [6.45, 7) is 0.639. The van der Waals surface area contributed by atoms with Gasteiger partial charge in [-0.15, -0.1) is 0 Å². The normalized spacial score (nSPS) is 19.3. The minimum Gasteiger partial charge on any atom is -0.480 e. The topological polar surface area (TPSA) is 69.6 Å². The molecule has 5 heteroatoms. The molecule has 1 unspecified atom stereocenters. The summed E-state index contributed by atoms with van der Waals surface area (Å²) in [4.78, 5) is 25.5. The molecule has 0 saturated heterocycles. The lowest BCUT2D eigenvalue weighted by Crippen LogP contribution is -2.49. The highest BCUT2D eigenvalue weighted by Crippen LogP contribution is 2.33. The molecule has 0 bridgehead atoms. The Morgan fingerprint density at radius 1 is 1.24 bits per heavy atom. The summed E-state index contributed by atoms with van der Waals surface area (Å²) in [5.41, 5.74) is 2.07. The highest BCUT2D eigenvalue weighted by Gasteiger charge is 2.38. The second-order valence-electron chi connectivity index (χ2n) is 5.84. The van der Waals surface area contributed by atoms with E-state index >= 15 is 0 Å². The van der Waals surface area contributed by atoms with Crippen molar-refractivity contribution in [2.24, 2.45) is 5.92 Å². The molecule has 5 nitrogen and oxygen atoms in total. The minimum absolute atomic E-state index is 0.0914. The van der Waals surface area contributed by atoms with Gasteiger partial charge in [-0.25, -0.2) is 9.59 Å². The highest BCUT2D eigenvalue weighted by molar-refractivity contribution is 5.95. The van der Waals surface area contributed by atoms with Crippen LogP contribution in [0.4, 0.5) is 10.5 Å². The lowest BCUT2D eigenvalue weighted by molar-refractivity contribution is -0.139. The number of para-hydroxylation sites is 1. The molecular weight excluding hydrogens is 268 g/mol. The number of carboxylic acid groups (broad SMARTS) is 1. The predicted octanol–water partition coefficient (Wildman–Crippen LogP) is 2.40. The monoisotopic (exact) mass is 288 g/mol. The molecule has 2 aliphatic rings. The van der Waals surface area contributed by atoms with Gasteiger partial charge in [0.15, 0.2) is 0 Å². The third kappa shape index (κ3) is 3.01. The lowest BCUT2D eigenvalue weighted by atomic mass is 10.1. The Bertz CT molecular complexity index is 554. The van der Waals surface area contributed by atoms with Crippen molar-refractivity contribution in [1.82, 2.24) is 5.32 Å². The summed E-state index contributed by atoms with van der Waals surface area (Å²) in [7, 11) is 0. The van der Waals surface area contributed by atoms with E-state index in [0.29, 0.717) is 6.54 Å². The van der Waals surface area contributed by atoms with Gasteiger partial charge in [0.05, 0.1) is 0 Å². The van der Waals surface area contributed by atoms with Crippen LogP contribution in [-0.2, 0) is 11.2 Å². The molecule has 0 spiro atoms. The Morgan fingerprint density at radius 3 is 2.71 bits per heavy atom. The molecule has 21 heavy (non-hydrogen) atoms. The van der Waals surface area contributed by atoms with Crippen LogP contribution in [0, 0.1) is 5.92 Å². The number of aryl methyl sites for hydroxylation is 1. The smallest absolute Gasteiger partial charge is 0.326 e. The van der Waals surface area contributed by atoms with Crippen molar-refractivity contribution < 1.29 is 14.7 Å². The van der Waals surface area contributed by atoms with Crippen LogP contribution in [-0.4, -0.2) is 29.7 Å². The average Bonchev–Trinajstić information content (AvgIpc) is 3.30. The van der Waals surface area contributed by atoms with Gasteiger partial charge in [0, 0.05) is 12.2 Å². The zero-order chi connectivity index (χ0) is 14.8. The van der Waals surface area contributed by atoms with Gasteiger partial charge in [0.1, 0.15) is 6.04 Å². The zero-order valence-corrected chi connectivity index (χ0v) is 11.9. The van der Waals surface area contributed by atoms with Crippen molar-refractivity contribution in [2.45, 2.75) is 38.1 Å². The summed E-state index contributed by atoms with van der Waals surface area (Å²) >= 11 is 0. The number of nitrogens with one attached hydrogen (secondary N) is 1. The van der Waals surface area contributed by atoms with Gasteiger partial charge in [0.2, 0.25) is 0 Å². The van der Waals surface area contributed by atoms with Crippen molar-refractivity contribution >= 4 is 17.7 Å². The summed E-state index contributed by atoms with van der Waals surface area (Å²) in [6, 6.07) is 6.82. The fourth-order valence-corrected chi connectivity index (χ4v) is 2.92. The number of aliphatic carboxylic acids is 1. The maximum absolute atomic E-state index is 12.5. The molecule has 1 fully saturated rings. The van der Waals surface area contributed by atoms with Gasteiger partial charge in [-0.1, -0.05) is 18.2 Å². The fourth-order valence-electron chi connectivity index (χ4n) is 2.92. The standard InChI is InChI=1S/C16H20N2O3/c19-15(20)14(12-8-9-12)17-16(21)18-10-4-3-6-11-5-1-2-7-13(11)18/h1-2,5,7,12,14H,3-4,6,8-10H2,(H,17,21)(H,19,20). The number of benzene rings is 1. The molecule has 2 amide bonds. The average molecular weight is 288 g/mol. The second-order valence-corrected chi connectivity index (χ2v) is 5.84. The number of nitrogens with zero attached hydrogens (tertiary/aromatic N) is 1. The molecular formula is C16H20N2O3. The van der Waals surface area contributed by atoms with Crippen molar-refractivity contribution in [3.05, 3.63) is 29.8 Å². The molecule has 1 aromatic rings. The van der Waals surface area contributed by atoms with E-state index in [4.69, 9.17) is 0 Å². The van der Waals surface area contributed by atoms with Crippen molar-refractivity contribution in [3.8, 4) is 0 Å². The van der Waals surface area contributed by atoms with E-state index in [-0.39, 0.29) is 11.9 Å². The molecule has 3 rings (SSSR count). The van der Waals surface area contributed by atoms with Crippen molar-refractivity contribution in [1.29, 1.82) is 0 Å². The van der Waals surface area contributed by atoms with Crippen LogP contribution >= 0.6 is 0 Å². The van der Waals surface area contributed by atoms with Crippen LogP contribution in [0.15, 0.2) is 24.3 Å². The molecule has 1 aliphatic heterocycles. The number of anilines is 1. The van der Waals surface area contributed by atoms with Gasteiger partial charge >= 0.3 is 12.0 Å². The number of carbonyl (C=O) groups is 2. The third-order valence-electron chi connectivity index (χ3n) is 4.24. The van der Waals surface area contributed by atoms with Gasteiger partial charge in [-0.2, -0.15) is 0 Å². The predicted molar refractivity (Wildman–Crippen MR) is 79.4 cm³/mol. The molecule has 1 heterocycles. The van der Waals surface area contributed by atoms with Crippen LogP contribution in [0.1, 0.15) is 31.2 Å². The fraction of sp³-hybridized carbons (Fsp3) is 0.500. The van der Waals surface area contributed by atoms with Gasteiger partial charge in [-0.3, -0.25) is 4.90 Å². The highest BCUT2D eigenvalue weighted by atomic mass is 16.4. The number of urea groups is 1. The Balaban J connectivity index is 1.79. The molecule has 1 saturated carbocycles. The van der Waals surface area contributed by atoms with Gasteiger partial charge < -0.3 is 10.4 Å². The molecule has 1 atom stereocenters. The third-order valence-corrected chi connectivity index (χ3v) is 4.24. The van der Waals surface area contributed by atoms with Gasteiger partial charge in [-0.05, 0) is 49.7 Å². The van der Waals surface area contributed by atoms with Crippen molar-refractivity contribution in [3.63, 3.8) is 0 Å². The van der Waals surface area contributed by atoms with E-state index < -0.39 is 12.0 Å². The van der Waals surface area contributed by atoms with E-state index in [0.717, 1.165) is 43.4 Å². The zero-order valence-electron chi connectivity index (χ0n) is 11.9. The SMILES string of the molecule is O=C(O)C(NC(=O)N1CCCCc2ccccc21)C1CC1. The Kier molecular flexibility index (Phi) is 3.82. The first kappa shape index (κ1) is 13.9. The van der Waals surface area contributed by atoms with Crippen molar-refractivity contribution in [2.75, 3.05) is 11.4 Å². The Hall–Kier alpha value is -2.04. The van der Waals surface area contributed by atoms with E-state index in [1.54, 1.807) is 4.90 Å². The van der Waals surface area contributed by atoms with Gasteiger partial charge in [0.25, 0.3) is 0 Å².